The normalized spacial score (nSPS) is 19.0. The molecule has 0 radical (unpaired) electrons. The summed E-state index contributed by atoms with van der Waals surface area (Å²) in [5, 5.41) is 4.14. The van der Waals surface area contributed by atoms with E-state index in [0.29, 0.717) is 21.9 Å². The zero-order valence-electron chi connectivity index (χ0n) is 17.3. The Morgan fingerprint density at radius 3 is 2.67 bits per heavy atom. The van der Waals surface area contributed by atoms with Crippen LogP contribution in [0.2, 0.25) is 0 Å². The van der Waals surface area contributed by atoms with E-state index >= 15 is 0 Å². The SMILES string of the molecule is Cc1ccc(-n2c(SCC(=O)NC3CCC(C)CC3)nc3ccccc3c2=O)nc1. The fourth-order valence-corrected chi connectivity index (χ4v) is 4.62. The molecular formula is C23H26N4O2S. The molecule has 0 unspecified atom stereocenters. The van der Waals surface area contributed by atoms with E-state index in [2.05, 4.69) is 22.2 Å². The van der Waals surface area contributed by atoms with Crippen molar-refractivity contribution in [3.63, 3.8) is 0 Å². The topological polar surface area (TPSA) is 76.9 Å². The van der Waals surface area contributed by atoms with E-state index in [1.165, 1.54) is 16.3 Å². The minimum Gasteiger partial charge on any atom is -0.353 e. The van der Waals surface area contributed by atoms with Crippen LogP contribution in [0.3, 0.4) is 0 Å². The van der Waals surface area contributed by atoms with Crippen molar-refractivity contribution in [2.45, 2.75) is 50.7 Å². The summed E-state index contributed by atoms with van der Waals surface area (Å²) in [7, 11) is 0. The zero-order valence-corrected chi connectivity index (χ0v) is 18.1. The monoisotopic (exact) mass is 422 g/mol. The van der Waals surface area contributed by atoms with Gasteiger partial charge in [0, 0.05) is 12.2 Å². The molecule has 4 rings (SSSR count). The summed E-state index contributed by atoms with van der Waals surface area (Å²) in [5.41, 5.74) is 1.45. The number of hydrogen-bond acceptors (Lipinski definition) is 5. The lowest BCUT2D eigenvalue weighted by Crippen LogP contribution is -2.38. The molecule has 0 spiro atoms. The number of benzene rings is 1. The van der Waals surface area contributed by atoms with Crippen molar-refractivity contribution in [1.82, 2.24) is 19.9 Å². The van der Waals surface area contributed by atoms with Gasteiger partial charge in [-0.05, 0) is 62.3 Å². The minimum absolute atomic E-state index is 0.0228. The number of hydrogen-bond donors (Lipinski definition) is 1. The molecule has 1 aliphatic carbocycles. The van der Waals surface area contributed by atoms with Crippen LogP contribution in [0.5, 0.6) is 0 Å². The van der Waals surface area contributed by atoms with E-state index in [-0.39, 0.29) is 23.3 Å². The third kappa shape index (κ3) is 4.56. The van der Waals surface area contributed by atoms with Gasteiger partial charge >= 0.3 is 0 Å². The van der Waals surface area contributed by atoms with Crippen LogP contribution in [0.4, 0.5) is 0 Å². The summed E-state index contributed by atoms with van der Waals surface area (Å²) in [6.45, 7) is 4.21. The number of rotatable bonds is 5. The molecule has 2 heterocycles. The maximum Gasteiger partial charge on any atom is 0.267 e. The smallest absolute Gasteiger partial charge is 0.267 e. The Kier molecular flexibility index (Phi) is 6.18. The predicted octanol–water partition coefficient (Wildman–Crippen LogP) is 3.88. The summed E-state index contributed by atoms with van der Waals surface area (Å²) in [5.74, 6) is 1.44. The van der Waals surface area contributed by atoms with Crippen molar-refractivity contribution in [2.75, 3.05) is 5.75 Å². The Morgan fingerprint density at radius 2 is 1.93 bits per heavy atom. The second-order valence-corrected chi connectivity index (χ2v) is 9.00. The van der Waals surface area contributed by atoms with Gasteiger partial charge in [-0.15, -0.1) is 0 Å². The van der Waals surface area contributed by atoms with Crippen LogP contribution >= 0.6 is 11.8 Å². The number of thioether (sulfide) groups is 1. The molecule has 0 saturated heterocycles. The van der Waals surface area contributed by atoms with Gasteiger partial charge in [-0.2, -0.15) is 0 Å². The Hall–Kier alpha value is -2.67. The lowest BCUT2D eigenvalue weighted by molar-refractivity contribution is -0.119. The number of aryl methyl sites for hydroxylation is 1. The number of para-hydroxylation sites is 1. The van der Waals surface area contributed by atoms with Gasteiger partial charge in [0.25, 0.3) is 5.56 Å². The van der Waals surface area contributed by atoms with Crippen LogP contribution in [0, 0.1) is 12.8 Å². The van der Waals surface area contributed by atoms with Gasteiger partial charge in [0.15, 0.2) is 5.16 Å². The van der Waals surface area contributed by atoms with Gasteiger partial charge in [0.05, 0.1) is 16.7 Å². The van der Waals surface area contributed by atoms with E-state index in [4.69, 9.17) is 0 Å². The molecule has 1 aliphatic rings. The Bertz CT molecular complexity index is 1100. The van der Waals surface area contributed by atoms with Crippen LogP contribution in [0.25, 0.3) is 16.7 Å². The van der Waals surface area contributed by atoms with Crippen molar-refractivity contribution in [3.8, 4) is 5.82 Å². The second kappa shape index (κ2) is 9.00. The highest BCUT2D eigenvalue weighted by Gasteiger charge is 2.21. The quantitative estimate of drug-likeness (QED) is 0.499. The summed E-state index contributed by atoms with van der Waals surface area (Å²) in [4.78, 5) is 34.8. The van der Waals surface area contributed by atoms with Gasteiger partial charge in [0.2, 0.25) is 5.91 Å². The molecular weight excluding hydrogens is 396 g/mol. The van der Waals surface area contributed by atoms with E-state index in [1.54, 1.807) is 18.3 Å². The molecule has 6 nitrogen and oxygen atoms in total. The van der Waals surface area contributed by atoms with Crippen LogP contribution in [0.1, 0.15) is 38.2 Å². The van der Waals surface area contributed by atoms with Crippen molar-refractivity contribution in [2.24, 2.45) is 5.92 Å². The van der Waals surface area contributed by atoms with Gasteiger partial charge in [-0.3, -0.25) is 9.59 Å². The first-order valence-electron chi connectivity index (χ1n) is 10.4. The van der Waals surface area contributed by atoms with E-state index in [0.717, 1.165) is 37.2 Å². The van der Waals surface area contributed by atoms with Gasteiger partial charge in [0.1, 0.15) is 5.82 Å². The zero-order chi connectivity index (χ0) is 21.1. The molecule has 156 valence electrons. The number of nitrogens with one attached hydrogen (secondary N) is 1. The van der Waals surface area contributed by atoms with Gasteiger partial charge < -0.3 is 5.32 Å². The molecule has 0 bridgehead atoms. The molecule has 1 fully saturated rings. The van der Waals surface area contributed by atoms with Crippen LogP contribution in [0.15, 0.2) is 52.5 Å². The predicted molar refractivity (Wildman–Crippen MR) is 120 cm³/mol. The molecule has 1 amide bonds. The first-order chi connectivity index (χ1) is 14.5. The molecule has 7 heteroatoms. The average molecular weight is 423 g/mol. The summed E-state index contributed by atoms with van der Waals surface area (Å²) >= 11 is 1.27. The van der Waals surface area contributed by atoms with Gasteiger partial charge in [-0.1, -0.05) is 36.9 Å². The standard InChI is InChI=1S/C23H26N4O2S/c1-15-7-10-17(11-8-15)25-21(28)14-30-23-26-19-6-4-3-5-18(19)22(29)27(23)20-12-9-16(2)13-24-20/h3-6,9,12-13,15,17H,7-8,10-11,14H2,1-2H3,(H,25,28). The van der Waals surface area contributed by atoms with Crippen molar-refractivity contribution in [1.29, 1.82) is 0 Å². The molecule has 1 aromatic carbocycles. The first-order valence-corrected chi connectivity index (χ1v) is 11.4. The second-order valence-electron chi connectivity index (χ2n) is 8.06. The van der Waals surface area contributed by atoms with Crippen LogP contribution < -0.4 is 10.9 Å². The van der Waals surface area contributed by atoms with Crippen molar-refractivity contribution >= 4 is 28.6 Å². The number of nitrogens with zero attached hydrogens (tertiary/aromatic N) is 3. The number of amides is 1. The van der Waals surface area contributed by atoms with Crippen molar-refractivity contribution in [3.05, 3.63) is 58.5 Å². The molecule has 3 aromatic rings. The minimum atomic E-state index is -0.180. The highest BCUT2D eigenvalue weighted by atomic mass is 32.2. The third-order valence-electron chi connectivity index (χ3n) is 5.58. The number of carbonyl (C=O) groups excluding carboxylic acids is 1. The highest BCUT2D eigenvalue weighted by molar-refractivity contribution is 7.99. The average Bonchev–Trinajstić information content (AvgIpc) is 2.75. The first kappa shape index (κ1) is 20.6. The maximum atomic E-state index is 13.2. The molecule has 0 atom stereocenters. The summed E-state index contributed by atoms with van der Waals surface area (Å²) < 4.78 is 1.50. The number of aromatic nitrogens is 3. The summed E-state index contributed by atoms with van der Waals surface area (Å²) in [6, 6.07) is 11.2. The largest absolute Gasteiger partial charge is 0.353 e. The molecule has 0 aliphatic heterocycles. The fourth-order valence-electron chi connectivity index (χ4n) is 3.81. The number of carbonyl (C=O) groups is 1. The van der Waals surface area contributed by atoms with E-state index in [1.807, 2.05) is 31.2 Å². The third-order valence-corrected chi connectivity index (χ3v) is 6.52. The Morgan fingerprint density at radius 1 is 1.17 bits per heavy atom. The van der Waals surface area contributed by atoms with Crippen LogP contribution in [-0.2, 0) is 4.79 Å². The highest BCUT2D eigenvalue weighted by Crippen LogP contribution is 2.24. The molecule has 1 N–H and O–H groups in total. The van der Waals surface area contributed by atoms with E-state index < -0.39 is 0 Å². The Labute approximate surface area is 180 Å². The van der Waals surface area contributed by atoms with Crippen LogP contribution in [-0.4, -0.2) is 32.2 Å². The molecule has 1 saturated carbocycles. The molecule has 2 aromatic heterocycles. The fraction of sp³-hybridized carbons (Fsp3) is 0.391. The number of pyridine rings is 1. The van der Waals surface area contributed by atoms with Gasteiger partial charge in [-0.25, -0.2) is 14.5 Å². The van der Waals surface area contributed by atoms with E-state index in [9.17, 15) is 9.59 Å². The Balaban J connectivity index is 1.59. The maximum absolute atomic E-state index is 13.2. The van der Waals surface area contributed by atoms with Crippen molar-refractivity contribution < 1.29 is 4.79 Å². The number of fused-ring (bicyclic) bond motifs is 1. The summed E-state index contributed by atoms with van der Waals surface area (Å²) in [6.07, 6.45) is 6.10. The molecule has 30 heavy (non-hydrogen) atoms. The lowest BCUT2D eigenvalue weighted by atomic mass is 9.87. The lowest BCUT2D eigenvalue weighted by Gasteiger charge is -2.26.